The predicted molar refractivity (Wildman–Crippen MR) is 130 cm³/mol. The molecular formula is C24H22BrN3O3S. The average Bonchev–Trinajstić information content (AvgIpc) is 3.34. The van der Waals surface area contributed by atoms with Gasteiger partial charge in [-0.05, 0) is 70.3 Å². The molecule has 3 aromatic rings. The molecule has 0 fully saturated rings. The van der Waals surface area contributed by atoms with Crippen molar-refractivity contribution in [2.24, 2.45) is 16.3 Å². The van der Waals surface area contributed by atoms with Gasteiger partial charge in [0.15, 0.2) is 0 Å². The van der Waals surface area contributed by atoms with Crippen LogP contribution in [-0.2, 0) is 12.8 Å². The molecular weight excluding hydrogens is 490 g/mol. The number of aliphatic imine (C=N–C) groups is 1. The summed E-state index contributed by atoms with van der Waals surface area (Å²) in [5.41, 5.74) is 2.80. The number of nitro groups is 1. The maximum Gasteiger partial charge on any atom is 0.270 e. The molecule has 2 heterocycles. The zero-order valence-corrected chi connectivity index (χ0v) is 20.4. The van der Waals surface area contributed by atoms with Crippen LogP contribution in [0.4, 0.5) is 10.7 Å². The first kappa shape index (κ1) is 22.4. The standard InChI is InChI=1S/C24H22BrN3O3S/c1-24(2,3)14-4-7-17-19(12-26)23(32-22(17)10-14)27-13-16-6-9-21(31-16)18-8-5-15(28(29)30)11-20(18)25/h5-6,8-9,11,13-14H,4,7,10H2,1-3H3/t14-/m1/s1. The van der Waals surface area contributed by atoms with Gasteiger partial charge in [0.05, 0.1) is 16.7 Å². The minimum absolute atomic E-state index is 0.00774. The first-order valence-corrected chi connectivity index (χ1v) is 11.9. The van der Waals surface area contributed by atoms with Gasteiger partial charge in [0.1, 0.15) is 22.6 Å². The Morgan fingerprint density at radius 2 is 2.12 bits per heavy atom. The summed E-state index contributed by atoms with van der Waals surface area (Å²) in [5, 5.41) is 21.4. The zero-order chi connectivity index (χ0) is 23.0. The maximum absolute atomic E-state index is 10.9. The largest absolute Gasteiger partial charge is 0.455 e. The molecule has 0 spiro atoms. The second-order valence-electron chi connectivity index (χ2n) is 8.98. The van der Waals surface area contributed by atoms with Gasteiger partial charge in [-0.25, -0.2) is 4.99 Å². The highest BCUT2D eigenvalue weighted by Crippen LogP contribution is 2.45. The van der Waals surface area contributed by atoms with E-state index in [4.69, 9.17) is 4.42 Å². The molecule has 6 nitrogen and oxygen atoms in total. The SMILES string of the molecule is CC(C)(C)[C@@H]1CCc2c(sc(N=Cc3ccc(-c4ccc([N+](=O)[O-])cc4Br)o3)c2C#N)C1. The molecule has 32 heavy (non-hydrogen) atoms. The molecule has 0 amide bonds. The minimum Gasteiger partial charge on any atom is -0.455 e. The molecule has 0 N–H and O–H groups in total. The van der Waals surface area contributed by atoms with Gasteiger partial charge in [0, 0.05) is 27.0 Å². The number of hydrogen-bond donors (Lipinski definition) is 0. The quantitative estimate of drug-likeness (QED) is 0.206. The first-order valence-electron chi connectivity index (χ1n) is 10.3. The van der Waals surface area contributed by atoms with Crippen LogP contribution in [0, 0.1) is 32.8 Å². The van der Waals surface area contributed by atoms with Crippen molar-refractivity contribution in [3.8, 4) is 17.4 Å². The Hall–Kier alpha value is -2.76. The monoisotopic (exact) mass is 511 g/mol. The molecule has 0 bridgehead atoms. The molecule has 1 aliphatic carbocycles. The van der Waals surface area contributed by atoms with E-state index in [-0.39, 0.29) is 11.1 Å². The summed E-state index contributed by atoms with van der Waals surface area (Å²) < 4.78 is 6.46. The van der Waals surface area contributed by atoms with Crippen LogP contribution in [0.5, 0.6) is 0 Å². The fourth-order valence-electron chi connectivity index (χ4n) is 4.02. The molecule has 0 radical (unpaired) electrons. The van der Waals surface area contributed by atoms with Crippen molar-refractivity contribution in [3.05, 3.63) is 66.7 Å². The summed E-state index contributed by atoms with van der Waals surface area (Å²) in [4.78, 5) is 16.4. The molecule has 4 rings (SSSR count). The maximum atomic E-state index is 10.9. The fourth-order valence-corrected chi connectivity index (χ4v) is 5.81. The van der Waals surface area contributed by atoms with Crippen LogP contribution < -0.4 is 0 Å². The lowest BCUT2D eigenvalue weighted by Gasteiger charge is -2.33. The lowest BCUT2D eigenvalue weighted by molar-refractivity contribution is -0.384. The third-order valence-electron chi connectivity index (χ3n) is 5.95. The minimum atomic E-state index is -0.439. The lowest BCUT2D eigenvalue weighted by Crippen LogP contribution is -2.26. The smallest absolute Gasteiger partial charge is 0.270 e. The Bertz CT molecular complexity index is 1260. The summed E-state index contributed by atoms with van der Waals surface area (Å²) in [7, 11) is 0. The molecule has 8 heteroatoms. The van der Waals surface area contributed by atoms with Gasteiger partial charge in [0.2, 0.25) is 0 Å². The van der Waals surface area contributed by atoms with Crippen LogP contribution in [-0.4, -0.2) is 11.1 Å². The van der Waals surface area contributed by atoms with E-state index >= 15 is 0 Å². The van der Waals surface area contributed by atoms with Crippen molar-refractivity contribution in [1.82, 2.24) is 0 Å². The van der Waals surface area contributed by atoms with Gasteiger partial charge in [0.25, 0.3) is 5.69 Å². The Kier molecular flexibility index (Phi) is 6.06. The first-order chi connectivity index (χ1) is 15.2. The van der Waals surface area contributed by atoms with Gasteiger partial charge in [-0.1, -0.05) is 20.8 Å². The highest BCUT2D eigenvalue weighted by Gasteiger charge is 2.32. The summed E-state index contributed by atoms with van der Waals surface area (Å²) in [6, 6.07) is 10.5. The average molecular weight is 512 g/mol. The van der Waals surface area contributed by atoms with E-state index in [0.29, 0.717) is 33.0 Å². The third kappa shape index (κ3) is 4.41. The Morgan fingerprint density at radius 3 is 2.78 bits per heavy atom. The van der Waals surface area contributed by atoms with E-state index in [2.05, 4.69) is 47.8 Å². The number of nitriles is 1. The molecule has 1 atom stereocenters. The van der Waals surface area contributed by atoms with Gasteiger partial charge in [-0.2, -0.15) is 5.26 Å². The van der Waals surface area contributed by atoms with Crippen molar-refractivity contribution >= 4 is 44.2 Å². The molecule has 1 aromatic carbocycles. The summed E-state index contributed by atoms with van der Waals surface area (Å²) in [6.07, 6.45) is 4.64. The van der Waals surface area contributed by atoms with Crippen molar-refractivity contribution in [3.63, 3.8) is 0 Å². The highest BCUT2D eigenvalue weighted by molar-refractivity contribution is 9.10. The van der Waals surface area contributed by atoms with Gasteiger partial charge in [-0.3, -0.25) is 10.1 Å². The topological polar surface area (TPSA) is 92.4 Å². The van der Waals surface area contributed by atoms with Crippen LogP contribution in [0.2, 0.25) is 0 Å². The van der Waals surface area contributed by atoms with E-state index in [1.165, 1.54) is 17.0 Å². The van der Waals surface area contributed by atoms with Gasteiger partial charge in [-0.15, -0.1) is 11.3 Å². The molecule has 0 saturated carbocycles. The number of rotatable bonds is 4. The molecule has 0 aliphatic heterocycles. The number of halogens is 1. The molecule has 164 valence electrons. The number of non-ortho nitro benzene ring substituents is 1. The second kappa shape index (κ2) is 8.64. The summed E-state index contributed by atoms with van der Waals surface area (Å²) >= 11 is 4.98. The highest BCUT2D eigenvalue weighted by atomic mass is 79.9. The van der Waals surface area contributed by atoms with Crippen molar-refractivity contribution in [2.45, 2.75) is 40.0 Å². The van der Waals surface area contributed by atoms with Crippen molar-refractivity contribution in [2.75, 3.05) is 0 Å². The summed E-state index contributed by atoms with van der Waals surface area (Å²) in [6.45, 7) is 6.83. The molecule has 2 aromatic heterocycles. The number of hydrogen-bond acceptors (Lipinski definition) is 6. The number of furan rings is 1. The van der Waals surface area contributed by atoms with E-state index < -0.39 is 4.92 Å². The van der Waals surface area contributed by atoms with Crippen LogP contribution in [0.1, 0.15) is 49.0 Å². The Labute approximate surface area is 198 Å². The third-order valence-corrected chi connectivity index (χ3v) is 7.77. The summed E-state index contributed by atoms with van der Waals surface area (Å²) in [5.74, 6) is 1.73. The molecule has 0 unspecified atom stereocenters. The van der Waals surface area contributed by atoms with E-state index in [1.54, 1.807) is 35.8 Å². The fraction of sp³-hybridized carbons (Fsp3) is 0.333. The zero-order valence-electron chi connectivity index (χ0n) is 18.0. The number of benzene rings is 1. The Balaban J connectivity index is 1.58. The van der Waals surface area contributed by atoms with E-state index in [0.717, 1.165) is 29.8 Å². The predicted octanol–water partition coefficient (Wildman–Crippen LogP) is 7.45. The van der Waals surface area contributed by atoms with Crippen LogP contribution in [0.3, 0.4) is 0 Å². The van der Waals surface area contributed by atoms with E-state index in [9.17, 15) is 15.4 Å². The van der Waals surface area contributed by atoms with E-state index in [1.807, 2.05) is 0 Å². The number of nitro benzene ring substituents is 1. The van der Waals surface area contributed by atoms with Crippen LogP contribution >= 0.6 is 27.3 Å². The van der Waals surface area contributed by atoms with Crippen molar-refractivity contribution < 1.29 is 9.34 Å². The van der Waals surface area contributed by atoms with Crippen LogP contribution in [0.25, 0.3) is 11.3 Å². The lowest BCUT2D eigenvalue weighted by atomic mass is 9.72. The Morgan fingerprint density at radius 1 is 1.34 bits per heavy atom. The van der Waals surface area contributed by atoms with Crippen molar-refractivity contribution in [1.29, 1.82) is 5.26 Å². The second-order valence-corrected chi connectivity index (χ2v) is 10.9. The van der Waals surface area contributed by atoms with Gasteiger partial charge < -0.3 is 4.42 Å². The normalized spacial score (nSPS) is 16.2. The number of thiophene rings is 1. The van der Waals surface area contributed by atoms with Crippen LogP contribution in [0.15, 0.2) is 44.2 Å². The van der Waals surface area contributed by atoms with Gasteiger partial charge >= 0.3 is 0 Å². The molecule has 0 saturated heterocycles. The molecule has 1 aliphatic rings. The number of fused-ring (bicyclic) bond motifs is 1. The number of nitrogens with zero attached hydrogens (tertiary/aromatic N) is 3.